The molecule has 4 heteroatoms. The number of hydrogen-bond acceptors (Lipinski definition) is 2. The van der Waals surface area contributed by atoms with Gasteiger partial charge in [0.2, 0.25) is 5.91 Å². The van der Waals surface area contributed by atoms with Crippen LogP contribution in [0.3, 0.4) is 0 Å². The zero-order valence-corrected chi connectivity index (χ0v) is 14.7. The molecule has 0 radical (unpaired) electrons. The van der Waals surface area contributed by atoms with Crippen LogP contribution < -0.4 is 4.90 Å². The largest absolute Gasteiger partial charge is 0.315 e. The van der Waals surface area contributed by atoms with E-state index in [9.17, 15) is 4.79 Å². The maximum Gasteiger partial charge on any atom is 0.234 e. The second-order valence-corrected chi connectivity index (χ2v) is 6.30. The molecule has 0 fully saturated rings. The molecule has 3 rings (SSSR count). The van der Waals surface area contributed by atoms with Gasteiger partial charge in [-0.15, -0.1) is 0 Å². The normalized spacial score (nSPS) is 11.8. The van der Waals surface area contributed by atoms with E-state index in [1.165, 1.54) is 0 Å². The number of nitrogens with zero attached hydrogens (tertiary/aromatic N) is 2. The molecule has 2 aromatic carbocycles. The number of likely N-dealkylation sites (N-methyl/N-ethyl adjacent to an activating group) is 1. The summed E-state index contributed by atoms with van der Waals surface area (Å²) in [6, 6.07) is 22.9. The SMILES string of the molecule is CN(C(=O)C(Cc1ccccn1)c1ccc(Cl)cc1)c1ccccc1. The summed E-state index contributed by atoms with van der Waals surface area (Å²) in [4.78, 5) is 19.3. The van der Waals surface area contributed by atoms with E-state index in [4.69, 9.17) is 11.6 Å². The Bertz CT molecular complexity index is 820. The summed E-state index contributed by atoms with van der Waals surface area (Å²) in [6.07, 6.45) is 2.29. The third-order valence-electron chi connectivity index (χ3n) is 4.18. The fourth-order valence-electron chi connectivity index (χ4n) is 2.78. The topological polar surface area (TPSA) is 33.2 Å². The lowest BCUT2D eigenvalue weighted by Gasteiger charge is -2.24. The Hall–Kier alpha value is -2.65. The molecule has 0 saturated heterocycles. The Morgan fingerprint density at radius 2 is 1.68 bits per heavy atom. The van der Waals surface area contributed by atoms with Crippen LogP contribution in [-0.2, 0) is 11.2 Å². The Morgan fingerprint density at radius 1 is 1.00 bits per heavy atom. The number of aromatic nitrogens is 1. The van der Waals surface area contributed by atoms with Crippen molar-refractivity contribution in [1.82, 2.24) is 4.98 Å². The minimum Gasteiger partial charge on any atom is -0.315 e. The van der Waals surface area contributed by atoms with Crippen molar-refractivity contribution in [1.29, 1.82) is 0 Å². The van der Waals surface area contributed by atoms with Crippen molar-refractivity contribution in [3.63, 3.8) is 0 Å². The van der Waals surface area contributed by atoms with Crippen molar-refractivity contribution in [2.45, 2.75) is 12.3 Å². The fourth-order valence-corrected chi connectivity index (χ4v) is 2.91. The van der Waals surface area contributed by atoms with Gasteiger partial charge in [-0.05, 0) is 42.0 Å². The number of carbonyl (C=O) groups is 1. The molecular weight excluding hydrogens is 332 g/mol. The molecule has 0 aliphatic heterocycles. The van der Waals surface area contributed by atoms with E-state index >= 15 is 0 Å². The third kappa shape index (κ3) is 4.25. The molecule has 3 nitrogen and oxygen atoms in total. The van der Waals surface area contributed by atoms with Gasteiger partial charge in [0.25, 0.3) is 0 Å². The number of pyridine rings is 1. The smallest absolute Gasteiger partial charge is 0.234 e. The predicted octanol–water partition coefficient (Wildman–Crippen LogP) is 4.72. The number of halogens is 1. The van der Waals surface area contributed by atoms with Gasteiger partial charge in [0.05, 0.1) is 5.92 Å². The van der Waals surface area contributed by atoms with Crippen molar-refractivity contribution in [2.75, 3.05) is 11.9 Å². The molecule has 0 spiro atoms. The number of anilines is 1. The lowest BCUT2D eigenvalue weighted by atomic mass is 9.92. The molecule has 25 heavy (non-hydrogen) atoms. The standard InChI is InChI=1S/C21H19ClN2O/c1-24(19-8-3-2-4-9-19)21(25)20(15-18-7-5-6-14-23-18)16-10-12-17(22)13-11-16/h2-14,20H,15H2,1H3. The van der Waals surface area contributed by atoms with Crippen LogP contribution in [0.2, 0.25) is 5.02 Å². The summed E-state index contributed by atoms with van der Waals surface area (Å²) in [7, 11) is 1.80. The van der Waals surface area contributed by atoms with Crippen molar-refractivity contribution in [2.24, 2.45) is 0 Å². The highest BCUT2D eigenvalue weighted by molar-refractivity contribution is 6.30. The fraction of sp³-hybridized carbons (Fsp3) is 0.143. The van der Waals surface area contributed by atoms with E-state index in [2.05, 4.69) is 4.98 Å². The van der Waals surface area contributed by atoms with Crippen LogP contribution in [0.15, 0.2) is 79.0 Å². The van der Waals surface area contributed by atoms with Gasteiger partial charge < -0.3 is 4.90 Å². The second-order valence-electron chi connectivity index (χ2n) is 5.86. The van der Waals surface area contributed by atoms with E-state index in [-0.39, 0.29) is 11.8 Å². The highest BCUT2D eigenvalue weighted by Gasteiger charge is 2.25. The minimum absolute atomic E-state index is 0.0270. The molecule has 1 unspecified atom stereocenters. The van der Waals surface area contributed by atoms with Crippen LogP contribution in [0.5, 0.6) is 0 Å². The molecule has 0 aliphatic carbocycles. The number of hydrogen-bond donors (Lipinski definition) is 0. The third-order valence-corrected chi connectivity index (χ3v) is 4.44. The highest BCUT2D eigenvalue weighted by Crippen LogP contribution is 2.26. The first-order valence-electron chi connectivity index (χ1n) is 8.13. The van der Waals surface area contributed by atoms with Crippen LogP contribution >= 0.6 is 11.6 Å². The summed E-state index contributed by atoms with van der Waals surface area (Å²) in [5.74, 6) is -0.295. The van der Waals surface area contributed by atoms with Gasteiger partial charge in [-0.25, -0.2) is 0 Å². The van der Waals surface area contributed by atoms with E-state index in [1.54, 1.807) is 18.1 Å². The van der Waals surface area contributed by atoms with E-state index < -0.39 is 0 Å². The van der Waals surface area contributed by atoms with Crippen LogP contribution in [0.1, 0.15) is 17.2 Å². The number of amides is 1. The quantitative estimate of drug-likeness (QED) is 0.666. The molecule has 0 aliphatic rings. The first-order chi connectivity index (χ1) is 12.1. The van der Waals surface area contributed by atoms with Gasteiger partial charge in [0.15, 0.2) is 0 Å². The summed E-state index contributed by atoms with van der Waals surface area (Å²) >= 11 is 6.01. The Morgan fingerprint density at radius 3 is 2.32 bits per heavy atom. The average Bonchev–Trinajstić information content (AvgIpc) is 2.67. The predicted molar refractivity (Wildman–Crippen MR) is 102 cm³/mol. The maximum absolute atomic E-state index is 13.2. The van der Waals surface area contributed by atoms with Gasteiger partial charge in [-0.3, -0.25) is 9.78 Å². The second kappa shape index (κ2) is 7.95. The molecule has 1 heterocycles. The van der Waals surface area contributed by atoms with Crippen molar-refractivity contribution >= 4 is 23.2 Å². The molecule has 0 bridgehead atoms. The van der Waals surface area contributed by atoms with Crippen molar-refractivity contribution < 1.29 is 4.79 Å². The first-order valence-corrected chi connectivity index (χ1v) is 8.51. The maximum atomic E-state index is 13.2. The molecule has 126 valence electrons. The monoisotopic (exact) mass is 350 g/mol. The first kappa shape index (κ1) is 17.2. The van der Waals surface area contributed by atoms with Crippen molar-refractivity contribution in [3.8, 4) is 0 Å². The van der Waals surface area contributed by atoms with Crippen LogP contribution in [0.4, 0.5) is 5.69 Å². The van der Waals surface area contributed by atoms with Crippen LogP contribution in [-0.4, -0.2) is 17.9 Å². The Balaban J connectivity index is 1.92. The lowest BCUT2D eigenvalue weighted by Crippen LogP contribution is -2.32. The van der Waals surface area contributed by atoms with Crippen LogP contribution in [0, 0.1) is 0 Å². The van der Waals surface area contributed by atoms with Gasteiger partial charge >= 0.3 is 0 Å². The van der Waals surface area contributed by atoms with Gasteiger partial charge in [0, 0.05) is 36.1 Å². The van der Waals surface area contributed by atoms with Gasteiger partial charge in [-0.1, -0.05) is 48.0 Å². The average molecular weight is 351 g/mol. The lowest BCUT2D eigenvalue weighted by molar-refractivity contribution is -0.119. The Kier molecular flexibility index (Phi) is 5.46. The molecule has 0 N–H and O–H groups in total. The minimum atomic E-state index is -0.322. The van der Waals surface area contributed by atoms with Gasteiger partial charge in [-0.2, -0.15) is 0 Å². The summed E-state index contributed by atoms with van der Waals surface area (Å²) < 4.78 is 0. The number of para-hydroxylation sites is 1. The van der Waals surface area contributed by atoms with Gasteiger partial charge in [0.1, 0.15) is 0 Å². The molecular formula is C21H19ClN2O. The zero-order valence-electron chi connectivity index (χ0n) is 14.0. The van der Waals surface area contributed by atoms with E-state index in [0.717, 1.165) is 16.9 Å². The summed E-state index contributed by atoms with van der Waals surface area (Å²) in [5.41, 5.74) is 2.69. The molecule has 1 amide bonds. The molecule has 1 atom stereocenters. The molecule has 1 aromatic heterocycles. The van der Waals surface area contributed by atoms with E-state index in [1.807, 2.05) is 72.8 Å². The summed E-state index contributed by atoms with van der Waals surface area (Å²) in [5, 5.41) is 0.657. The molecule has 0 saturated carbocycles. The number of benzene rings is 2. The molecule has 3 aromatic rings. The highest BCUT2D eigenvalue weighted by atomic mass is 35.5. The Labute approximate surface area is 152 Å². The number of carbonyl (C=O) groups excluding carboxylic acids is 1. The van der Waals surface area contributed by atoms with E-state index in [0.29, 0.717) is 11.4 Å². The number of rotatable bonds is 5. The zero-order chi connectivity index (χ0) is 17.6. The summed E-state index contributed by atoms with van der Waals surface area (Å²) in [6.45, 7) is 0. The van der Waals surface area contributed by atoms with Crippen molar-refractivity contribution in [3.05, 3.63) is 95.3 Å². The van der Waals surface area contributed by atoms with Crippen LogP contribution in [0.25, 0.3) is 0 Å².